The summed E-state index contributed by atoms with van der Waals surface area (Å²) in [4.78, 5) is 32.0. The van der Waals surface area contributed by atoms with Gasteiger partial charge in [-0.2, -0.15) is 0 Å². The van der Waals surface area contributed by atoms with Gasteiger partial charge in [-0.15, -0.1) is 0 Å². The van der Waals surface area contributed by atoms with Crippen molar-refractivity contribution in [1.82, 2.24) is 14.5 Å². The van der Waals surface area contributed by atoms with E-state index in [1.165, 1.54) is 4.57 Å². The third-order valence-corrected chi connectivity index (χ3v) is 4.12. The summed E-state index contributed by atoms with van der Waals surface area (Å²) in [6, 6.07) is 20.4. The molecule has 0 unspecified atom stereocenters. The van der Waals surface area contributed by atoms with Crippen LogP contribution in [0, 0.1) is 0 Å². The number of H-pyrrole nitrogens is 1. The topological polar surface area (TPSA) is 67.8 Å². The molecule has 4 aromatic rings. The first-order chi connectivity index (χ1) is 12.2. The van der Waals surface area contributed by atoms with Crippen molar-refractivity contribution in [3.8, 4) is 11.3 Å². The van der Waals surface area contributed by atoms with Crippen molar-refractivity contribution in [3.05, 3.63) is 99.3 Å². The Morgan fingerprint density at radius 1 is 0.920 bits per heavy atom. The molecule has 2 aromatic carbocycles. The number of pyridine rings is 1. The Morgan fingerprint density at radius 2 is 1.76 bits per heavy atom. The quantitative estimate of drug-likeness (QED) is 0.628. The van der Waals surface area contributed by atoms with Gasteiger partial charge >= 0.3 is 5.69 Å². The minimum absolute atomic E-state index is 0.208. The molecule has 25 heavy (non-hydrogen) atoms. The molecule has 0 spiro atoms. The van der Waals surface area contributed by atoms with Gasteiger partial charge in [0.05, 0.1) is 23.1 Å². The molecular weight excluding hydrogens is 314 g/mol. The maximum atomic E-state index is 12.6. The highest BCUT2D eigenvalue weighted by molar-refractivity contribution is 5.76. The highest BCUT2D eigenvalue weighted by Gasteiger charge is 2.08. The molecule has 0 saturated heterocycles. The van der Waals surface area contributed by atoms with Crippen LogP contribution in [0.5, 0.6) is 0 Å². The molecule has 5 nitrogen and oxygen atoms in total. The van der Waals surface area contributed by atoms with Gasteiger partial charge in [-0.05, 0) is 35.9 Å². The van der Waals surface area contributed by atoms with Crippen LogP contribution >= 0.6 is 0 Å². The van der Waals surface area contributed by atoms with Crippen LogP contribution in [-0.2, 0) is 6.54 Å². The van der Waals surface area contributed by atoms with Crippen LogP contribution < -0.4 is 11.2 Å². The number of benzene rings is 2. The van der Waals surface area contributed by atoms with Gasteiger partial charge in [-0.1, -0.05) is 36.4 Å². The maximum absolute atomic E-state index is 12.6. The molecule has 0 saturated carbocycles. The van der Waals surface area contributed by atoms with E-state index in [4.69, 9.17) is 0 Å². The third-order valence-electron chi connectivity index (χ3n) is 4.12. The smallest absolute Gasteiger partial charge is 0.307 e. The average Bonchev–Trinajstić information content (AvgIpc) is 2.66. The Kier molecular flexibility index (Phi) is 3.74. The number of para-hydroxylation sites is 1. The van der Waals surface area contributed by atoms with E-state index in [1.54, 1.807) is 30.5 Å². The van der Waals surface area contributed by atoms with Crippen molar-refractivity contribution < 1.29 is 0 Å². The largest absolute Gasteiger partial charge is 0.329 e. The van der Waals surface area contributed by atoms with Gasteiger partial charge in [0, 0.05) is 11.8 Å². The fraction of sp³-hybridized carbons (Fsp3) is 0.0500. The molecule has 0 aliphatic heterocycles. The van der Waals surface area contributed by atoms with Gasteiger partial charge < -0.3 is 4.98 Å². The van der Waals surface area contributed by atoms with E-state index in [9.17, 15) is 9.59 Å². The fourth-order valence-corrected chi connectivity index (χ4v) is 2.89. The number of nitrogens with one attached hydrogen (secondary N) is 1. The number of hydrogen-bond acceptors (Lipinski definition) is 3. The number of aromatic nitrogens is 3. The predicted molar refractivity (Wildman–Crippen MR) is 97.6 cm³/mol. The summed E-state index contributed by atoms with van der Waals surface area (Å²) in [7, 11) is 0. The zero-order chi connectivity index (χ0) is 17.2. The lowest BCUT2D eigenvalue weighted by atomic mass is 10.1. The SMILES string of the molecule is O=c1[nH]c2ccccc2c(=O)n1Cc1cccc(-c2ccccn2)c1. The molecule has 2 heterocycles. The van der Waals surface area contributed by atoms with Gasteiger partial charge in [0.15, 0.2) is 0 Å². The summed E-state index contributed by atoms with van der Waals surface area (Å²) in [5.74, 6) is 0. The second-order valence-electron chi connectivity index (χ2n) is 5.78. The van der Waals surface area contributed by atoms with Gasteiger partial charge in [0.2, 0.25) is 0 Å². The number of aromatic amines is 1. The molecule has 1 N–H and O–H groups in total. The molecule has 4 rings (SSSR count). The highest BCUT2D eigenvalue weighted by Crippen LogP contribution is 2.18. The fourth-order valence-electron chi connectivity index (χ4n) is 2.89. The Morgan fingerprint density at radius 3 is 2.60 bits per heavy atom. The number of nitrogens with zero attached hydrogens (tertiary/aromatic N) is 2. The number of fused-ring (bicyclic) bond motifs is 1. The highest BCUT2D eigenvalue weighted by atomic mass is 16.2. The predicted octanol–water partition coefficient (Wildman–Crippen LogP) is 2.80. The minimum Gasteiger partial charge on any atom is -0.307 e. The standard InChI is InChI=1S/C20H15N3O2/c24-19-16-8-1-2-10-18(16)22-20(25)23(19)13-14-6-5-7-15(12-14)17-9-3-4-11-21-17/h1-12H,13H2,(H,22,25). The summed E-state index contributed by atoms with van der Waals surface area (Å²) < 4.78 is 1.22. The van der Waals surface area contributed by atoms with Crippen LogP contribution in [0.15, 0.2) is 82.5 Å². The van der Waals surface area contributed by atoms with Crippen molar-refractivity contribution in [2.24, 2.45) is 0 Å². The summed E-state index contributed by atoms with van der Waals surface area (Å²) in [5.41, 5.74) is 2.52. The molecule has 122 valence electrons. The Hall–Kier alpha value is -3.47. The second kappa shape index (κ2) is 6.20. The maximum Gasteiger partial charge on any atom is 0.329 e. The monoisotopic (exact) mass is 329 g/mol. The molecule has 0 aliphatic carbocycles. The van der Waals surface area contributed by atoms with E-state index >= 15 is 0 Å². The Balaban J connectivity index is 1.78. The van der Waals surface area contributed by atoms with E-state index < -0.39 is 5.69 Å². The molecule has 0 atom stereocenters. The minimum atomic E-state index is -0.410. The van der Waals surface area contributed by atoms with E-state index in [-0.39, 0.29) is 12.1 Å². The zero-order valence-electron chi connectivity index (χ0n) is 13.3. The molecule has 0 fully saturated rings. The van der Waals surface area contributed by atoms with Crippen LogP contribution in [0.4, 0.5) is 0 Å². The van der Waals surface area contributed by atoms with Crippen LogP contribution in [0.2, 0.25) is 0 Å². The number of hydrogen-bond donors (Lipinski definition) is 1. The van der Waals surface area contributed by atoms with E-state index in [0.717, 1.165) is 16.8 Å². The first-order valence-corrected chi connectivity index (χ1v) is 7.94. The van der Waals surface area contributed by atoms with Crippen molar-refractivity contribution >= 4 is 10.9 Å². The van der Waals surface area contributed by atoms with Crippen LogP contribution in [0.3, 0.4) is 0 Å². The number of rotatable bonds is 3. The normalized spacial score (nSPS) is 10.9. The zero-order valence-corrected chi connectivity index (χ0v) is 13.3. The lowest BCUT2D eigenvalue weighted by Crippen LogP contribution is -2.35. The van der Waals surface area contributed by atoms with E-state index in [0.29, 0.717) is 10.9 Å². The molecule has 5 heteroatoms. The Labute approximate surface area is 143 Å². The molecule has 0 amide bonds. The molecular formula is C20H15N3O2. The van der Waals surface area contributed by atoms with Crippen molar-refractivity contribution in [2.45, 2.75) is 6.54 Å². The molecule has 2 aromatic heterocycles. The Bertz CT molecular complexity index is 1160. The van der Waals surface area contributed by atoms with Crippen LogP contribution in [0.25, 0.3) is 22.2 Å². The van der Waals surface area contributed by atoms with Crippen molar-refractivity contribution in [1.29, 1.82) is 0 Å². The summed E-state index contributed by atoms with van der Waals surface area (Å²) in [6.07, 6.45) is 1.74. The summed E-state index contributed by atoms with van der Waals surface area (Å²) >= 11 is 0. The molecule has 0 bridgehead atoms. The van der Waals surface area contributed by atoms with Crippen molar-refractivity contribution in [3.63, 3.8) is 0 Å². The average molecular weight is 329 g/mol. The van der Waals surface area contributed by atoms with Gasteiger partial charge in [0.1, 0.15) is 0 Å². The first kappa shape index (κ1) is 15.1. The van der Waals surface area contributed by atoms with E-state index in [1.807, 2.05) is 42.5 Å². The first-order valence-electron chi connectivity index (χ1n) is 7.94. The van der Waals surface area contributed by atoms with Gasteiger partial charge in [-0.3, -0.25) is 14.3 Å². The van der Waals surface area contributed by atoms with E-state index in [2.05, 4.69) is 9.97 Å². The lowest BCUT2D eigenvalue weighted by Gasteiger charge is -2.08. The second-order valence-corrected chi connectivity index (χ2v) is 5.78. The summed E-state index contributed by atoms with van der Waals surface area (Å²) in [6.45, 7) is 0.208. The molecule has 0 radical (unpaired) electrons. The third kappa shape index (κ3) is 2.87. The van der Waals surface area contributed by atoms with Gasteiger partial charge in [-0.25, -0.2) is 4.79 Å². The van der Waals surface area contributed by atoms with Gasteiger partial charge in [0.25, 0.3) is 5.56 Å². The van der Waals surface area contributed by atoms with Crippen LogP contribution in [-0.4, -0.2) is 14.5 Å². The summed E-state index contributed by atoms with van der Waals surface area (Å²) in [5, 5.41) is 0.503. The molecule has 0 aliphatic rings. The lowest BCUT2D eigenvalue weighted by molar-refractivity contribution is 0.712. The van der Waals surface area contributed by atoms with Crippen LogP contribution in [0.1, 0.15) is 5.56 Å². The van der Waals surface area contributed by atoms with Crippen molar-refractivity contribution in [2.75, 3.05) is 0 Å².